The van der Waals surface area contributed by atoms with Crippen LogP contribution < -0.4 is 0 Å². The highest BCUT2D eigenvalue weighted by Crippen LogP contribution is 2.15. The Morgan fingerprint density at radius 1 is 1.33 bits per heavy atom. The van der Waals surface area contributed by atoms with E-state index in [0.29, 0.717) is 4.90 Å². The van der Waals surface area contributed by atoms with E-state index >= 15 is 0 Å². The van der Waals surface area contributed by atoms with Crippen LogP contribution in [0.4, 0.5) is 0 Å². The van der Waals surface area contributed by atoms with Crippen molar-refractivity contribution in [2.24, 2.45) is 0 Å². The number of nitrogens with zero attached hydrogens (tertiary/aromatic N) is 1. The molecular formula is C8H11NO2S. The Balaban J connectivity index is 3.47. The van der Waals surface area contributed by atoms with Crippen LogP contribution in [0.5, 0.6) is 0 Å². The SMILES string of the molecule is Cc1nccc(S(C)(=O)=O)c1C. The Kier molecular flexibility index (Phi) is 2.19. The first-order valence-corrected chi connectivity index (χ1v) is 5.44. The molecule has 3 nitrogen and oxygen atoms in total. The summed E-state index contributed by atoms with van der Waals surface area (Å²) in [5.74, 6) is 0. The summed E-state index contributed by atoms with van der Waals surface area (Å²) in [5, 5.41) is 0. The number of pyridine rings is 1. The minimum atomic E-state index is -3.10. The molecule has 0 aliphatic heterocycles. The second kappa shape index (κ2) is 2.86. The van der Waals surface area contributed by atoms with Gasteiger partial charge in [0.1, 0.15) is 0 Å². The number of hydrogen-bond donors (Lipinski definition) is 0. The van der Waals surface area contributed by atoms with E-state index in [1.807, 2.05) is 0 Å². The first-order valence-electron chi connectivity index (χ1n) is 3.55. The monoisotopic (exact) mass is 185 g/mol. The van der Waals surface area contributed by atoms with E-state index in [4.69, 9.17) is 0 Å². The average Bonchev–Trinajstić information content (AvgIpc) is 1.92. The van der Waals surface area contributed by atoms with Crippen molar-refractivity contribution >= 4 is 9.84 Å². The van der Waals surface area contributed by atoms with E-state index in [9.17, 15) is 8.42 Å². The van der Waals surface area contributed by atoms with E-state index in [2.05, 4.69) is 4.98 Å². The quantitative estimate of drug-likeness (QED) is 0.658. The van der Waals surface area contributed by atoms with Crippen molar-refractivity contribution in [2.75, 3.05) is 6.26 Å². The Hall–Kier alpha value is -0.900. The topological polar surface area (TPSA) is 47.0 Å². The van der Waals surface area contributed by atoms with Crippen LogP contribution in [0.2, 0.25) is 0 Å². The van der Waals surface area contributed by atoms with Crippen molar-refractivity contribution in [3.05, 3.63) is 23.5 Å². The van der Waals surface area contributed by atoms with Gasteiger partial charge in [0.25, 0.3) is 0 Å². The van der Waals surface area contributed by atoms with Crippen LogP contribution in [0, 0.1) is 13.8 Å². The van der Waals surface area contributed by atoms with Gasteiger partial charge in [-0.3, -0.25) is 4.98 Å². The fourth-order valence-electron chi connectivity index (χ4n) is 1.02. The van der Waals surface area contributed by atoms with E-state index < -0.39 is 9.84 Å². The minimum Gasteiger partial charge on any atom is -0.261 e. The molecule has 0 aromatic carbocycles. The number of rotatable bonds is 1. The first kappa shape index (κ1) is 9.19. The Bertz CT molecular complexity index is 396. The zero-order valence-electron chi connectivity index (χ0n) is 7.33. The van der Waals surface area contributed by atoms with Crippen LogP contribution in [0.15, 0.2) is 17.2 Å². The highest BCUT2D eigenvalue weighted by molar-refractivity contribution is 7.90. The maximum atomic E-state index is 11.2. The molecule has 0 spiro atoms. The molecule has 0 radical (unpaired) electrons. The van der Waals surface area contributed by atoms with Gasteiger partial charge in [-0.05, 0) is 25.5 Å². The summed E-state index contributed by atoms with van der Waals surface area (Å²) in [4.78, 5) is 4.36. The second-order valence-electron chi connectivity index (χ2n) is 2.79. The molecule has 0 atom stereocenters. The van der Waals surface area contributed by atoms with Gasteiger partial charge in [-0.15, -0.1) is 0 Å². The lowest BCUT2D eigenvalue weighted by Crippen LogP contribution is -2.02. The second-order valence-corrected chi connectivity index (χ2v) is 4.78. The molecule has 12 heavy (non-hydrogen) atoms. The molecular weight excluding hydrogens is 174 g/mol. The van der Waals surface area contributed by atoms with Gasteiger partial charge in [0.2, 0.25) is 0 Å². The number of aryl methyl sites for hydroxylation is 1. The molecule has 0 saturated carbocycles. The lowest BCUT2D eigenvalue weighted by atomic mass is 10.2. The van der Waals surface area contributed by atoms with Crippen molar-refractivity contribution in [1.82, 2.24) is 4.98 Å². The molecule has 0 unspecified atom stereocenters. The Morgan fingerprint density at radius 2 is 1.92 bits per heavy atom. The lowest BCUT2D eigenvalue weighted by molar-refractivity contribution is 0.601. The van der Waals surface area contributed by atoms with Gasteiger partial charge in [0, 0.05) is 18.1 Å². The molecule has 0 amide bonds. The summed E-state index contributed by atoms with van der Waals surface area (Å²) in [6, 6.07) is 1.53. The van der Waals surface area contributed by atoms with Crippen LogP contribution in [-0.2, 0) is 9.84 Å². The highest BCUT2D eigenvalue weighted by atomic mass is 32.2. The van der Waals surface area contributed by atoms with E-state index in [0.717, 1.165) is 11.3 Å². The molecule has 0 N–H and O–H groups in total. The first-order chi connectivity index (χ1) is 5.43. The van der Waals surface area contributed by atoms with E-state index in [1.54, 1.807) is 13.8 Å². The Morgan fingerprint density at radius 3 is 2.33 bits per heavy atom. The van der Waals surface area contributed by atoms with Crippen molar-refractivity contribution in [1.29, 1.82) is 0 Å². The lowest BCUT2D eigenvalue weighted by Gasteiger charge is -2.04. The third-order valence-electron chi connectivity index (χ3n) is 1.81. The maximum absolute atomic E-state index is 11.2. The predicted molar refractivity (Wildman–Crippen MR) is 46.8 cm³/mol. The van der Waals surface area contributed by atoms with Gasteiger partial charge in [0.05, 0.1) is 4.90 Å². The van der Waals surface area contributed by atoms with E-state index in [1.165, 1.54) is 18.5 Å². The third kappa shape index (κ3) is 1.64. The maximum Gasteiger partial charge on any atom is 0.175 e. The third-order valence-corrected chi connectivity index (χ3v) is 3.05. The number of hydrogen-bond acceptors (Lipinski definition) is 3. The fraction of sp³-hybridized carbons (Fsp3) is 0.375. The van der Waals surface area contributed by atoms with Gasteiger partial charge in [-0.1, -0.05) is 0 Å². The van der Waals surface area contributed by atoms with Gasteiger partial charge in [-0.2, -0.15) is 0 Å². The summed E-state index contributed by atoms with van der Waals surface area (Å²) in [6.45, 7) is 3.56. The molecule has 0 aliphatic carbocycles. The van der Waals surface area contributed by atoms with Crippen molar-refractivity contribution < 1.29 is 8.42 Å². The highest BCUT2D eigenvalue weighted by Gasteiger charge is 2.11. The van der Waals surface area contributed by atoms with Crippen LogP contribution >= 0.6 is 0 Å². The molecule has 66 valence electrons. The molecule has 1 aromatic heterocycles. The van der Waals surface area contributed by atoms with Crippen LogP contribution in [-0.4, -0.2) is 19.7 Å². The van der Waals surface area contributed by atoms with Crippen LogP contribution in [0.25, 0.3) is 0 Å². The molecule has 1 aromatic rings. The number of sulfone groups is 1. The molecule has 4 heteroatoms. The number of aromatic nitrogens is 1. The predicted octanol–water partition coefficient (Wildman–Crippen LogP) is 1.10. The molecule has 0 aliphatic rings. The average molecular weight is 185 g/mol. The largest absolute Gasteiger partial charge is 0.261 e. The summed E-state index contributed by atoms with van der Waals surface area (Å²) in [7, 11) is -3.10. The van der Waals surface area contributed by atoms with Crippen LogP contribution in [0.3, 0.4) is 0 Å². The van der Waals surface area contributed by atoms with Gasteiger partial charge in [-0.25, -0.2) is 8.42 Å². The summed E-state index contributed by atoms with van der Waals surface area (Å²) >= 11 is 0. The van der Waals surface area contributed by atoms with Crippen molar-refractivity contribution in [2.45, 2.75) is 18.7 Å². The summed E-state index contributed by atoms with van der Waals surface area (Å²) < 4.78 is 22.4. The van der Waals surface area contributed by atoms with E-state index in [-0.39, 0.29) is 0 Å². The van der Waals surface area contributed by atoms with Crippen LogP contribution in [0.1, 0.15) is 11.3 Å². The normalized spacial score (nSPS) is 11.6. The molecule has 0 bridgehead atoms. The van der Waals surface area contributed by atoms with Crippen molar-refractivity contribution in [3.8, 4) is 0 Å². The summed E-state index contributed by atoms with van der Waals surface area (Å²) in [5.41, 5.74) is 1.50. The molecule has 1 rings (SSSR count). The zero-order valence-corrected chi connectivity index (χ0v) is 8.14. The fourth-order valence-corrected chi connectivity index (χ4v) is 2.03. The smallest absolute Gasteiger partial charge is 0.175 e. The Labute approximate surface area is 72.4 Å². The standard InChI is InChI=1S/C8H11NO2S/c1-6-7(2)9-5-4-8(6)12(3,10)11/h4-5H,1-3H3. The van der Waals surface area contributed by atoms with Crippen molar-refractivity contribution in [3.63, 3.8) is 0 Å². The zero-order chi connectivity index (χ0) is 9.35. The van der Waals surface area contributed by atoms with Gasteiger partial charge < -0.3 is 0 Å². The van der Waals surface area contributed by atoms with Gasteiger partial charge >= 0.3 is 0 Å². The molecule has 0 saturated heterocycles. The minimum absolute atomic E-state index is 0.370. The molecule has 1 heterocycles. The van der Waals surface area contributed by atoms with Gasteiger partial charge in [0.15, 0.2) is 9.84 Å². The molecule has 0 fully saturated rings. The summed E-state index contributed by atoms with van der Waals surface area (Å²) in [6.07, 6.45) is 2.72.